The SMILES string of the molecule is CCCNCc1c(CN(C)C(C)CC)oc2ccccc12. The average molecular weight is 288 g/mol. The first-order valence-corrected chi connectivity index (χ1v) is 8.07. The van der Waals surface area contributed by atoms with Crippen molar-refractivity contribution in [1.82, 2.24) is 10.2 Å². The molecular formula is C18H28N2O. The van der Waals surface area contributed by atoms with E-state index in [9.17, 15) is 0 Å². The number of nitrogens with one attached hydrogen (secondary N) is 1. The average Bonchev–Trinajstić information content (AvgIpc) is 2.84. The second-order valence-electron chi connectivity index (χ2n) is 5.85. The molecule has 116 valence electrons. The third-order valence-electron chi connectivity index (χ3n) is 4.25. The van der Waals surface area contributed by atoms with Gasteiger partial charge in [0.2, 0.25) is 0 Å². The topological polar surface area (TPSA) is 28.4 Å². The number of hydrogen-bond donors (Lipinski definition) is 1. The van der Waals surface area contributed by atoms with Crippen molar-refractivity contribution >= 4 is 11.0 Å². The van der Waals surface area contributed by atoms with Crippen molar-refractivity contribution in [2.75, 3.05) is 13.6 Å². The molecule has 0 aliphatic heterocycles. The number of furan rings is 1. The highest BCUT2D eigenvalue weighted by atomic mass is 16.3. The summed E-state index contributed by atoms with van der Waals surface area (Å²) < 4.78 is 6.11. The second kappa shape index (κ2) is 7.62. The van der Waals surface area contributed by atoms with Gasteiger partial charge in [0, 0.05) is 23.5 Å². The van der Waals surface area contributed by atoms with Crippen LogP contribution in [0.15, 0.2) is 28.7 Å². The summed E-state index contributed by atoms with van der Waals surface area (Å²) in [5, 5.41) is 4.75. The molecule has 0 saturated carbocycles. The summed E-state index contributed by atoms with van der Waals surface area (Å²) >= 11 is 0. The van der Waals surface area contributed by atoms with Gasteiger partial charge in [-0.25, -0.2) is 0 Å². The lowest BCUT2D eigenvalue weighted by molar-refractivity contribution is 0.226. The number of fused-ring (bicyclic) bond motifs is 1. The van der Waals surface area contributed by atoms with Crippen LogP contribution in [0.4, 0.5) is 0 Å². The van der Waals surface area contributed by atoms with Crippen LogP contribution in [0.2, 0.25) is 0 Å². The summed E-state index contributed by atoms with van der Waals surface area (Å²) in [5.74, 6) is 1.10. The fraction of sp³-hybridized carbons (Fsp3) is 0.556. The molecule has 0 saturated heterocycles. The van der Waals surface area contributed by atoms with Crippen LogP contribution in [-0.2, 0) is 13.1 Å². The van der Waals surface area contributed by atoms with E-state index in [4.69, 9.17) is 4.42 Å². The number of hydrogen-bond acceptors (Lipinski definition) is 3. The van der Waals surface area contributed by atoms with Crippen molar-refractivity contribution in [2.24, 2.45) is 0 Å². The van der Waals surface area contributed by atoms with Crippen LogP contribution in [-0.4, -0.2) is 24.5 Å². The van der Waals surface area contributed by atoms with E-state index in [1.54, 1.807) is 0 Å². The molecular weight excluding hydrogens is 260 g/mol. The molecule has 0 aliphatic rings. The Hall–Kier alpha value is -1.32. The largest absolute Gasteiger partial charge is 0.459 e. The van der Waals surface area contributed by atoms with Gasteiger partial charge in [-0.2, -0.15) is 0 Å². The molecule has 1 heterocycles. The van der Waals surface area contributed by atoms with Gasteiger partial charge in [0.25, 0.3) is 0 Å². The van der Waals surface area contributed by atoms with Crippen LogP contribution in [0.25, 0.3) is 11.0 Å². The van der Waals surface area contributed by atoms with Crippen LogP contribution in [0.5, 0.6) is 0 Å². The minimum atomic E-state index is 0.565. The molecule has 0 amide bonds. The van der Waals surface area contributed by atoms with Crippen LogP contribution in [0.1, 0.15) is 44.9 Å². The van der Waals surface area contributed by atoms with Crippen LogP contribution in [0.3, 0.4) is 0 Å². The van der Waals surface area contributed by atoms with E-state index < -0.39 is 0 Å². The Kier molecular flexibility index (Phi) is 5.83. The molecule has 1 atom stereocenters. The second-order valence-corrected chi connectivity index (χ2v) is 5.85. The summed E-state index contributed by atoms with van der Waals surface area (Å²) in [6.45, 7) is 9.47. The Morgan fingerprint density at radius 3 is 2.71 bits per heavy atom. The molecule has 1 unspecified atom stereocenters. The van der Waals surface area contributed by atoms with Gasteiger partial charge >= 0.3 is 0 Å². The molecule has 0 fully saturated rings. The Balaban J connectivity index is 2.25. The van der Waals surface area contributed by atoms with Crippen molar-refractivity contribution in [3.8, 4) is 0 Å². The maximum atomic E-state index is 6.11. The fourth-order valence-electron chi connectivity index (χ4n) is 2.56. The van der Waals surface area contributed by atoms with E-state index in [-0.39, 0.29) is 0 Å². The zero-order valence-electron chi connectivity index (χ0n) is 13.8. The van der Waals surface area contributed by atoms with Crippen molar-refractivity contribution in [3.63, 3.8) is 0 Å². The highest BCUT2D eigenvalue weighted by Crippen LogP contribution is 2.27. The normalized spacial score (nSPS) is 13.2. The van der Waals surface area contributed by atoms with Gasteiger partial charge in [-0.1, -0.05) is 32.0 Å². The highest BCUT2D eigenvalue weighted by Gasteiger charge is 2.16. The standard InChI is InChI=1S/C18H28N2O/c1-5-11-19-12-16-15-9-7-8-10-17(15)21-18(16)13-20(4)14(3)6-2/h7-10,14,19H,5-6,11-13H2,1-4H3. The summed E-state index contributed by atoms with van der Waals surface area (Å²) in [4.78, 5) is 2.36. The zero-order chi connectivity index (χ0) is 15.2. The molecule has 0 spiro atoms. The summed E-state index contributed by atoms with van der Waals surface area (Å²) in [6.07, 6.45) is 2.30. The van der Waals surface area contributed by atoms with Gasteiger partial charge in [0.05, 0.1) is 6.54 Å². The predicted molar refractivity (Wildman–Crippen MR) is 89.4 cm³/mol. The van der Waals surface area contributed by atoms with Crippen molar-refractivity contribution in [3.05, 3.63) is 35.6 Å². The van der Waals surface area contributed by atoms with E-state index >= 15 is 0 Å². The monoisotopic (exact) mass is 288 g/mol. The predicted octanol–water partition coefficient (Wildman–Crippen LogP) is 4.16. The molecule has 0 bridgehead atoms. The van der Waals surface area contributed by atoms with Gasteiger partial charge in [0.15, 0.2) is 0 Å². The number of benzene rings is 1. The van der Waals surface area contributed by atoms with Gasteiger partial charge in [0.1, 0.15) is 11.3 Å². The minimum absolute atomic E-state index is 0.565. The first-order valence-electron chi connectivity index (χ1n) is 8.07. The maximum Gasteiger partial charge on any atom is 0.134 e. The van der Waals surface area contributed by atoms with Crippen LogP contribution in [0, 0.1) is 0 Å². The van der Waals surface area contributed by atoms with Gasteiger partial charge in [-0.15, -0.1) is 0 Å². The molecule has 1 N–H and O–H groups in total. The Morgan fingerprint density at radius 1 is 1.24 bits per heavy atom. The molecule has 0 aliphatic carbocycles. The molecule has 2 rings (SSSR count). The lowest BCUT2D eigenvalue weighted by Crippen LogP contribution is -2.28. The Labute approximate surface area is 128 Å². The molecule has 1 aromatic heterocycles. The number of para-hydroxylation sites is 1. The van der Waals surface area contributed by atoms with Crippen LogP contribution >= 0.6 is 0 Å². The van der Waals surface area contributed by atoms with Crippen molar-refractivity contribution in [2.45, 2.75) is 52.7 Å². The minimum Gasteiger partial charge on any atom is -0.459 e. The Morgan fingerprint density at radius 2 is 2.00 bits per heavy atom. The van der Waals surface area contributed by atoms with E-state index in [0.29, 0.717) is 6.04 Å². The zero-order valence-corrected chi connectivity index (χ0v) is 13.8. The van der Waals surface area contributed by atoms with E-state index in [0.717, 1.165) is 43.8 Å². The van der Waals surface area contributed by atoms with Gasteiger partial charge < -0.3 is 9.73 Å². The van der Waals surface area contributed by atoms with Gasteiger partial charge in [-0.3, -0.25) is 4.90 Å². The molecule has 0 radical (unpaired) electrons. The lowest BCUT2D eigenvalue weighted by atomic mass is 10.1. The van der Waals surface area contributed by atoms with E-state index in [2.05, 4.69) is 56.2 Å². The summed E-state index contributed by atoms with van der Waals surface area (Å²) in [5.41, 5.74) is 2.31. The molecule has 3 heteroatoms. The highest BCUT2D eigenvalue weighted by molar-refractivity contribution is 5.82. The van der Waals surface area contributed by atoms with Crippen molar-refractivity contribution < 1.29 is 4.42 Å². The summed E-state index contributed by atoms with van der Waals surface area (Å²) in [7, 11) is 2.17. The van der Waals surface area contributed by atoms with Gasteiger partial charge in [-0.05, 0) is 39.4 Å². The molecule has 2 aromatic rings. The van der Waals surface area contributed by atoms with E-state index in [1.807, 2.05) is 6.07 Å². The first-order chi connectivity index (χ1) is 10.2. The number of rotatable bonds is 8. The molecule has 21 heavy (non-hydrogen) atoms. The van der Waals surface area contributed by atoms with E-state index in [1.165, 1.54) is 10.9 Å². The molecule has 3 nitrogen and oxygen atoms in total. The smallest absolute Gasteiger partial charge is 0.134 e. The quantitative estimate of drug-likeness (QED) is 0.739. The third kappa shape index (κ3) is 3.86. The maximum absolute atomic E-state index is 6.11. The molecule has 1 aromatic carbocycles. The Bertz CT molecular complexity index is 561. The van der Waals surface area contributed by atoms with Crippen molar-refractivity contribution in [1.29, 1.82) is 0 Å². The van der Waals surface area contributed by atoms with Crippen LogP contribution < -0.4 is 5.32 Å². The first kappa shape index (κ1) is 16.1. The third-order valence-corrected chi connectivity index (χ3v) is 4.25. The number of nitrogens with zero attached hydrogens (tertiary/aromatic N) is 1. The summed E-state index contributed by atoms with van der Waals surface area (Å²) in [6, 6.07) is 8.91. The lowest BCUT2D eigenvalue weighted by Gasteiger charge is -2.22. The fourth-order valence-corrected chi connectivity index (χ4v) is 2.56.